The zero-order valence-corrected chi connectivity index (χ0v) is 8.54. The van der Waals surface area contributed by atoms with Gasteiger partial charge in [-0.25, -0.2) is 0 Å². The number of hydrogen-bond donors (Lipinski definition) is 1. The van der Waals surface area contributed by atoms with E-state index in [-0.39, 0.29) is 0 Å². The minimum Gasteiger partial charge on any atom is -0.491 e. The molecule has 0 aliphatic carbocycles. The van der Waals surface area contributed by atoms with E-state index in [1.54, 1.807) is 0 Å². The van der Waals surface area contributed by atoms with Crippen LogP contribution in [0.2, 0.25) is 0 Å². The summed E-state index contributed by atoms with van der Waals surface area (Å²) in [5.74, 6) is 0.830. The topological polar surface area (TPSA) is 38.3 Å². The number of nitrogens with one attached hydrogen (secondary N) is 1. The molecular formula is C11H15NO2. The van der Waals surface area contributed by atoms with Gasteiger partial charge in [0.25, 0.3) is 0 Å². The predicted octanol–water partition coefficient (Wildman–Crippen LogP) is 2.00. The number of anilines is 1. The minimum absolute atomic E-state index is 0.428. The third kappa shape index (κ3) is 2.49. The maximum atomic E-state index is 10.1. The van der Waals surface area contributed by atoms with Gasteiger partial charge in [-0.2, -0.15) is 0 Å². The molecular weight excluding hydrogens is 178 g/mol. The Hall–Kier alpha value is -1.51. The Labute approximate surface area is 84.1 Å². The van der Waals surface area contributed by atoms with Crippen molar-refractivity contribution in [1.29, 1.82) is 0 Å². The molecule has 3 nitrogen and oxygen atoms in total. The Kier molecular flexibility index (Phi) is 3.98. The SMILES string of the molecule is CNc1cccc(C)c1OCCC=O. The number of rotatable bonds is 5. The molecule has 0 saturated carbocycles. The molecule has 0 atom stereocenters. The molecule has 0 aliphatic rings. The van der Waals surface area contributed by atoms with Crippen LogP contribution in [0.15, 0.2) is 18.2 Å². The van der Waals surface area contributed by atoms with Crippen molar-refractivity contribution in [3.05, 3.63) is 23.8 Å². The molecule has 0 saturated heterocycles. The first-order valence-electron chi connectivity index (χ1n) is 4.63. The Bertz CT molecular complexity index is 310. The minimum atomic E-state index is 0.428. The maximum absolute atomic E-state index is 10.1. The lowest BCUT2D eigenvalue weighted by Crippen LogP contribution is -2.02. The largest absolute Gasteiger partial charge is 0.491 e. The van der Waals surface area contributed by atoms with Crippen LogP contribution in [0.4, 0.5) is 5.69 Å². The fraction of sp³-hybridized carbons (Fsp3) is 0.364. The second-order valence-electron chi connectivity index (χ2n) is 3.01. The predicted molar refractivity (Wildman–Crippen MR) is 56.9 cm³/mol. The standard InChI is InChI=1S/C11H15NO2/c1-9-5-3-6-10(12-2)11(9)14-8-4-7-13/h3,5-7,12H,4,8H2,1-2H3. The van der Waals surface area contributed by atoms with Gasteiger partial charge in [-0.1, -0.05) is 12.1 Å². The molecule has 14 heavy (non-hydrogen) atoms. The molecule has 1 N–H and O–H groups in total. The molecule has 0 aliphatic heterocycles. The summed E-state index contributed by atoms with van der Waals surface area (Å²) < 4.78 is 5.51. The van der Waals surface area contributed by atoms with Crippen LogP contribution in [0.5, 0.6) is 5.75 Å². The van der Waals surface area contributed by atoms with Gasteiger partial charge in [0.05, 0.1) is 12.3 Å². The van der Waals surface area contributed by atoms with Crippen molar-refractivity contribution < 1.29 is 9.53 Å². The molecule has 0 radical (unpaired) electrons. The van der Waals surface area contributed by atoms with Gasteiger partial charge in [-0.3, -0.25) is 0 Å². The molecule has 0 heterocycles. The van der Waals surface area contributed by atoms with Crippen molar-refractivity contribution in [1.82, 2.24) is 0 Å². The first kappa shape index (κ1) is 10.6. The fourth-order valence-electron chi connectivity index (χ4n) is 1.25. The van der Waals surface area contributed by atoms with E-state index < -0.39 is 0 Å². The van der Waals surface area contributed by atoms with Gasteiger partial charge in [0, 0.05) is 13.5 Å². The second-order valence-corrected chi connectivity index (χ2v) is 3.01. The van der Waals surface area contributed by atoms with Gasteiger partial charge in [-0.15, -0.1) is 0 Å². The third-order valence-corrected chi connectivity index (χ3v) is 1.96. The van der Waals surface area contributed by atoms with Crippen LogP contribution in [-0.4, -0.2) is 19.9 Å². The number of benzene rings is 1. The van der Waals surface area contributed by atoms with Crippen molar-refractivity contribution in [2.75, 3.05) is 19.0 Å². The zero-order chi connectivity index (χ0) is 10.4. The highest BCUT2D eigenvalue weighted by Gasteiger charge is 2.04. The third-order valence-electron chi connectivity index (χ3n) is 1.96. The summed E-state index contributed by atoms with van der Waals surface area (Å²) in [6.45, 7) is 2.42. The lowest BCUT2D eigenvalue weighted by atomic mass is 10.2. The summed E-state index contributed by atoms with van der Waals surface area (Å²) in [6.07, 6.45) is 1.29. The smallest absolute Gasteiger partial charge is 0.145 e. The normalized spacial score (nSPS) is 9.57. The van der Waals surface area contributed by atoms with E-state index in [0.29, 0.717) is 13.0 Å². The number of aryl methyl sites for hydroxylation is 1. The highest BCUT2D eigenvalue weighted by Crippen LogP contribution is 2.27. The van der Waals surface area contributed by atoms with Crippen molar-refractivity contribution in [3.8, 4) is 5.75 Å². The summed E-state index contributed by atoms with van der Waals surface area (Å²) in [4.78, 5) is 10.1. The Morgan fingerprint density at radius 1 is 1.50 bits per heavy atom. The molecule has 0 fully saturated rings. The molecule has 0 bridgehead atoms. The van der Waals surface area contributed by atoms with E-state index in [1.807, 2.05) is 32.2 Å². The van der Waals surface area contributed by atoms with Crippen LogP contribution in [-0.2, 0) is 4.79 Å². The average Bonchev–Trinajstić information content (AvgIpc) is 2.20. The summed E-state index contributed by atoms with van der Waals surface area (Å²) in [7, 11) is 1.85. The molecule has 1 aromatic carbocycles. The van der Waals surface area contributed by atoms with Gasteiger partial charge in [-0.05, 0) is 18.6 Å². The first-order chi connectivity index (χ1) is 6.79. The van der Waals surface area contributed by atoms with Crippen molar-refractivity contribution in [3.63, 3.8) is 0 Å². The Balaban J connectivity index is 2.76. The van der Waals surface area contributed by atoms with E-state index in [9.17, 15) is 4.79 Å². The van der Waals surface area contributed by atoms with Crippen molar-refractivity contribution in [2.45, 2.75) is 13.3 Å². The van der Waals surface area contributed by atoms with E-state index in [2.05, 4.69) is 5.32 Å². The van der Waals surface area contributed by atoms with Crippen LogP contribution >= 0.6 is 0 Å². The summed E-state index contributed by atoms with van der Waals surface area (Å²) >= 11 is 0. The second kappa shape index (κ2) is 5.27. The number of carbonyl (C=O) groups excluding carboxylic acids is 1. The van der Waals surface area contributed by atoms with Gasteiger partial charge in [0.1, 0.15) is 12.0 Å². The molecule has 0 amide bonds. The average molecular weight is 193 g/mol. The number of para-hydroxylation sites is 1. The monoisotopic (exact) mass is 193 g/mol. The fourth-order valence-corrected chi connectivity index (χ4v) is 1.25. The number of ether oxygens (including phenoxy) is 1. The van der Waals surface area contributed by atoms with Crippen molar-refractivity contribution in [2.24, 2.45) is 0 Å². The summed E-state index contributed by atoms with van der Waals surface area (Å²) in [5.41, 5.74) is 2.03. The van der Waals surface area contributed by atoms with Crippen LogP contribution in [0.1, 0.15) is 12.0 Å². The van der Waals surface area contributed by atoms with Crippen LogP contribution in [0.3, 0.4) is 0 Å². The summed E-state index contributed by atoms with van der Waals surface area (Å²) in [6, 6.07) is 5.90. The highest BCUT2D eigenvalue weighted by molar-refractivity contribution is 5.59. The molecule has 0 aromatic heterocycles. The molecule has 76 valence electrons. The van der Waals surface area contributed by atoms with Gasteiger partial charge < -0.3 is 14.8 Å². The quantitative estimate of drug-likeness (QED) is 0.574. The lowest BCUT2D eigenvalue weighted by molar-refractivity contribution is -0.108. The van der Waals surface area contributed by atoms with E-state index >= 15 is 0 Å². The van der Waals surface area contributed by atoms with Crippen LogP contribution < -0.4 is 10.1 Å². The number of carbonyl (C=O) groups is 1. The van der Waals surface area contributed by atoms with E-state index in [1.165, 1.54) is 0 Å². The molecule has 0 unspecified atom stereocenters. The molecule has 1 aromatic rings. The van der Waals surface area contributed by atoms with E-state index in [0.717, 1.165) is 23.3 Å². The summed E-state index contributed by atoms with van der Waals surface area (Å²) in [5, 5.41) is 3.05. The van der Waals surface area contributed by atoms with E-state index in [4.69, 9.17) is 4.74 Å². The number of aldehydes is 1. The van der Waals surface area contributed by atoms with Crippen LogP contribution in [0.25, 0.3) is 0 Å². The van der Waals surface area contributed by atoms with Crippen LogP contribution in [0, 0.1) is 6.92 Å². The highest BCUT2D eigenvalue weighted by atomic mass is 16.5. The Morgan fingerprint density at radius 2 is 2.29 bits per heavy atom. The van der Waals surface area contributed by atoms with Gasteiger partial charge >= 0.3 is 0 Å². The molecule has 3 heteroatoms. The van der Waals surface area contributed by atoms with Gasteiger partial charge in [0.15, 0.2) is 0 Å². The first-order valence-corrected chi connectivity index (χ1v) is 4.63. The lowest BCUT2D eigenvalue weighted by Gasteiger charge is -2.12. The maximum Gasteiger partial charge on any atom is 0.145 e. The number of hydrogen-bond acceptors (Lipinski definition) is 3. The molecule has 0 spiro atoms. The van der Waals surface area contributed by atoms with Crippen molar-refractivity contribution >= 4 is 12.0 Å². The molecule has 1 rings (SSSR count). The Morgan fingerprint density at radius 3 is 2.93 bits per heavy atom. The zero-order valence-electron chi connectivity index (χ0n) is 8.54. The van der Waals surface area contributed by atoms with Gasteiger partial charge in [0.2, 0.25) is 0 Å².